The minimum atomic E-state index is 0.287. The molecule has 0 aliphatic carbocycles. The van der Waals surface area contributed by atoms with E-state index in [1.807, 2.05) is 12.1 Å². The Balaban J connectivity index is 2.51. The summed E-state index contributed by atoms with van der Waals surface area (Å²) in [5.41, 5.74) is 0.828. The lowest BCUT2D eigenvalue weighted by atomic mass is 10.2. The van der Waals surface area contributed by atoms with Gasteiger partial charge in [0.25, 0.3) is 0 Å². The Hall–Kier alpha value is -1.75. The highest BCUT2D eigenvalue weighted by atomic mass is 35.5. The van der Waals surface area contributed by atoms with Crippen LogP contribution in [0.15, 0.2) is 24.5 Å². The molecular weight excluding hydrogens is 242 g/mol. The Labute approximate surface area is 104 Å². The molecular formula is C11H12ClN3O2. The van der Waals surface area contributed by atoms with Gasteiger partial charge in [-0.2, -0.15) is 0 Å². The molecule has 0 fully saturated rings. The molecule has 0 N–H and O–H groups in total. The van der Waals surface area contributed by atoms with Crippen molar-refractivity contribution >= 4 is 11.6 Å². The molecule has 90 valence electrons. The minimum Gasteiger partial charge on any atom is -0.497 e. The highest BCUT2D eigenvalue weighted by molar-refractivity contribution is 6.16. The standard InChI is InChI=1S/C11H12ClN3O2/c1-16-8-3-4-9(10(5-8)17-2)15-7-13-14-11(15)6-12/h3-5,7H,6H2,1-2H3. The summed E-state index contributed by atoms with van der Waals surface area (Å²) >= 11 is 5.79. The molecule has 2 aromatic rings. The molecule has 17 heavy (non-hydrogen) atoms. The zero-order valence-electron chi connectivity index (χ0n) is 9.55. The Morgan fingerprint density at radius 2 is 2.12 bits per heavy atom. The Morgan fingerprint density at radius 3 is 2.76 bits per heavy atom. The highest BCUT2D eigenvalue weighted by Crippen LogP contribution is 2.28. The maximum atomic E-state index is 5.79. The summed E-state index contributed by atoms with van der Waals surface area (Å²) in [5.74, 6) is 2.35. The number of halogens is 1. The molecule has 0 spiro atoms. The monoisotopic (exact) mass is 253 g/mol. The summed E-state index contributed by atoms with van der Waals surface area (Å²) in [4.78, 5) is 0. The third-order valence-electron chi connectivity index (χ3n) is 2.38. The van der Waals surface area contributed by atoms with Crippen LogP contribution in [0.3, 0.4) is 0 Å². The van der Waals surface area contributed by atoms with Gasteiger partial charge in [0.2, 0.25) is 0 Å². The molecule has 0 aliphatic rings. The molecule has 0 saturated carbocycles. The first-order valence-corrected chi connectivity index (χ1v) is 5.51. The van der Waals surface area contributed by atoms with Crippen LogP contribution < -0.4 is 9.47 Å². The van der Waals surface area contributed by atoms with Crippen LogP contribution in [0.5, 0.6) is 11.5 Å². The summed E-state index contributed by atoms with van der Waals surface area (Å²) in [6.07, 6.45) is 1.60. The van der Waals surface area contributed by atoms with Gasteiger partial charge in [-0.05, 0) is 12.1 Å². The molecule has 0 saturated heterocycles. The van der Waals surface area contributed by atoms with Crippen LogP contribution in [0, 0.1) is 0 Å². The number of ether oxygens (including phenoxy) is 2. The number of hydrogen-bond acceptors (Lipinski definition) is 4. The average molecular weight is 254 g/mol. The van der Waals surface area contributed by atoms with Crippen LogP contribution in [0.4, 0.5) is 0 Å². The Morgan fingerprint density at radius 1 is 1.29 bits per heavy atom. The lowest BCUT2D eigenvalue weighted by molar-refractivity contribution is 0.393. The van der Waals surface area contributed by atoms with Gasteiger partial charge in [0.15, 0.2) is 5.82 Å². The van der Waals surface area contributed by atoms with Crippen molar-refractivity contribution in [3.63, 3.8) is 0 Å². The van der Waals surface area contributed by atoms with Crippen LogP contribution in [0.2, 0.25) is 0 Å². The first-order chi connectivity index (χ1) is 8.30. The van der Waals surface area contributed by atoms with Crippen LogP contribution in [0.1, 0.15) is 5.82 Å². The molecule has 2 rings (SSSR count). The number of benzene rings is 1. The third-order valence-corrected chi connectivity index (χ3v) is 2.62. The fourth-order valence-electron chi connectivity index (χ4n) is 1.54. The first kappa shape index (κ1) is 11.7. The number of alkyl halides is 1. The molecule has 0 bridgehead atoms. The molecule has 0 aliphatic heterocycles. The van der Waals surface area contributed by atoms with Crippen LogP contribution in [0.25, 0.3) is 5.69 Å². The summed E-state index contributed by atoms with van der Waals surface area (Å²) in [5, 5.41) is 7.75. The predicted octanol–water partition coefficient (Wildman–Crippen LogP) is 2.02. The molecule has 1 aromatic heterocycles. The fraction of sp³-hybridized carbons (Fsp3) is 0.273. The van der Waals surface area contributed by atoms with Crippen molar-refractivity contribution < 1.29 is 9.47 Å². The minimum absolute atomic E-state index is 0.287. The van der Waals surface area contributed by atoms with Gasteiger partial charge < -0.3 is 9.47 Å². The van der Waals surface area contributed by atoms with E-state index in [0.717, 1.165) is 11.4 Å². The zero-order valence-corrected chi connectivity index (χ0v) is 10.3. The van der Waals surface area contributed by atoms with E-state index in [4.69, 9.17) is 21.1 Å². The topological polar surface area (TPSA) is 49.2 Å². The van der Waals surface area contributed by atoms with E-state index in [-0.39, 0.29) is 5.88 Å². The van der Waals surface area contributed by atoms with E-state index in [1.165, 1.54) is 0 Å². The quantitative estimate of drug-likeness (QED) is 0.783. The van der Waals surface area contributed by atoms with Gasteiger partial charge >= 0.3 is 0 Å². The number of hydrogen-bond donors (Lipinski definition) is 0. The number of methoxy groups -OCH3 is 2. The molecule has 0 atom stereocenters. The largest absolute Gasteiger partial charge is 0.497 e. The normalized spacial score (nSPS) is 10.3. The van der Waals surface area contributed by atoms with Gasteiger partial charge in [-0.25, -0.2) is 0 Å². The summed E-state index contributed by atoms with van der Waals surface area (Å²) in [7, 11) is 3.21. The molecule has 5 nitrogen and oxygen atoms in total. The van der Waals surface area contributed by atoms with E-state index in [9.17, 15) is 0 Å². The summed E-state index contributed by atoms with van der Waals surface area (Å²) in [6, 6.07) is 5.51. The molecule has 0 unspecified atom stereocenters. The number of nitrogens with zero attached hydrogens (tertiary/aromatic N) is 3. The molecule has 0 radical (unpaired) electrons. The third kappa shape index (κ3) is 2.19. The van der Waals surface area contributed by atoms with Crippen molar-refractivity contribution in [2.75, 3.05) is 14.2 Å². The van der Waals surface area contributed by atoms with Gasteiger partial charge in [0.1, 0.15) is 17.8 Å². The van der Waals surface area contributed by atoms with Gasteiger partial charge in [-0.1, -0.05) is 0 Å². The van der Waals surface area contributed by atoms with Crippen molar-refractivity contribution in [3.8, 4) is 17.2 Å². The smallest absolute Gasteiger partial charge is 0.152 e. The number of rotatable bonds is 4. The fourth-order valence-corrected chi connectivity index (χ4v) is 1.72. The SMILES string of the molecule is COc1ccc(-n2cnnc2CCl)c(OC)c1. The van der Waals surface area contributed by atoms with Crippen LogP contribution in [-0.2, 0) is 5.88 Å². The van der Waals surface area contributed by atoms with Crippen LogP contribution >= 0.6 is 11.6 Å². The average Bonchev–Trinajstić information content (AvgIpc) is 2.85. The summed E-state index contributed by atoms with van der Waals surface area (Å²) < 4.78 is 12.2. The summed E-state index contributed by atoms with van der Waals surface area (Å²) in [6.45, 7) is 0. The molecule has 0 amide bonds. The molecule has 6 heteroatoms. The second-order valence-corrected chi connectivity index (χ2v) is 3.56. The Kier molecular flexibility index (Phi) is 3.49. The van der Waals surface area contributed by atoms with Gasteiger partial charge in [0.05, 0.1) is 25.8 Å². The van der Waals surface area contributed by atoms with Gasteiger partial charge in [-0.15, -0.1) is 21.8 Å². The maximum Gasteiger partial charge on any atom is 0.152 e. The van der Waals surface area contributed by atoms with E-state index in [0.29, 0.717) is 11.6 Å². The van der Waals surface area contributed by atoms with Crippen LogP contribution in [-0.4, -0.2) is 29.0 Å². The molecule has 1 aromatic carbocycles. The van der Waals surface area contributed by atoms with Crippen molar-refractivity contribution in [3.05, 3.63) is 30.4 Å². The van der Waals surface area contributed by atoms with E-state index in [1.54, 1.807) is 31.2 Å². The second kappa shape index (κ2) is 5.05. The van der Waals surface area contributed by atoms with E-state index in [2.05, 4.69) is 10.2 Å². The van der Waals surface area contributed by atoms with Crippen molar-refractivity contribution in [2.24, 2.45) is 0 Å². The Bertz CT molecular complexity index is 513. The van der Waals surface area contributed by atoms with E-state index >= 15 is 0 Å². The van der Waals surface area contributed by atoms with Crippen molar-refractivity contribution in [1.29, 1.82) is 0 Å². The zero-order chi connectivity index (χ0) is 12.3. The lowest BCUT2D eigenvalue weighted by Gasteiger charge is -2.11. The maximum absolute atomic E-state index is 5.79. The second-order valence-electron chi connectivity index (χ2n) is 3.29. The van der Waals surface area contributed by atoms with Gasteiger partial charge in [-0.3, -0.25) is 4.57 Å². The van der Waals surface area contributed by atoms with E-state index < -0.39 is 0 Å². The van der Waals surface area contributed by atoms with Crippen molar-refractivity contribution in [2.45, 2.75) is 5.88 Å². The number of aromatic nitrogens is 3. The predicted molar refractivity (Wildman–Crippen MR) is 64.0 cm³/mol. The molecule has 1 heterocycles. The first-order valence-electron chi connectivity index (χ1n) is 4.97. The van der Waals surface area contributed by atoms with Gasteiger partial charge in [0, 0.05) is 6.07 Å². The van der Waals surface area contributed by atoms with Crippen molar-refractivity contribution in [1.82, 2.24) is 14.8 Å². The lowest BCUT2D eigenvalue weighted by Crippen LogP contribution is -2.01. The highest BCUT2D eigenvalue weighted by Gasteiger charge is 2.11.